The third-order valence-corrected chi connectivity index (χ3v) is 3.11. The topological polar surface area (TPSA) is 80.5 Å². The molecule has 0 saturated carbocycles. The van der Waals surface area contributed by atoms with Gasteiger partial charge in [-0.1, -0.05) is 29.4 Å². The van der Waals surface area contributed by atoms with Crippen LogP contribution in [0.3, 0.4) is 0 Å². The summed E-state index contributed by atoms with van der Waals surface area (Å²) in [7, 11) is 1.40. The van der Waals surface area contributed by atoms with Crippen molar-refractivity contribution in [2.45, 2.75) is 25.8 Å². The highest BCUT2D eigenvalue weighted by molar-refractivity contribution is 5.72. The fourth-order valence-electron chi connectivity index (χ4n) is 1.87. The van der Waals surface area contributed by atoms with Gasteiger partial charge in [0, 0.05) is 12.6 Å². The summed E-state index contributed by atoms with van der Waals surface area (Å²) in [6, 6.07) is 5.48. The molecule has 11 heteroatoms. The highest BCUT2D eigenvalue weighted by Gasteiger charge is 2.38. The number of benzene rings is 1. The van der Waals surface area contributed by atoms with E-state index in [0.29, 0.717) is 11.1 Å². The molecule has 26 heavy (non-hydrogen) atoms. The first kappa shape index (κ1) is 19.6. The van der Waals surface area contributed by atoms with Crippen LogP contribution >= 0.6 is 0 Å². The molecule has 2 rings (SSSR count). The Balaban J connectivity index is 2.10. The van der Waals surface area contributed by atoms with Crippen LogP contribution in [0.5, 0.6) is 0 Å². The molecular weight excluding hydrogens is 360 g/mol. The van der Waals surface area contributed by atoms with E-state index in [4.69, 9.17) is 4.84 Å². The SMILES string of the molecule is CNC(=O)N(Cc1ccc(-c2noc(C(F)(F)F)n2)cc1)OCC(C)F. The van der Waals surface area contributed by atoms with Crippen molar-refractivity contribution in [3.8, 4) is 11.4 Å². The summed E-state index contributed by atoms with van der Waals surface area (Å²) in [6.45, 7) is 0.998. The van der Waals surface area contributed by atoms with Crippen molar-refractivity contribution in [1.29, 1.82) is 0 Å². The van der Waals surface area contributed by atoms with E-state index in [1.807, 2.05) is 0 Å². The summed E-state index contributed by atoms with van der Waals surface area (Å²) in [4.78, 5) is 20.1. The maximum atomic E-state index is 12.9. The summed E-state index contributed by atoms with van der Waals surface area (Å²) >= 11 is 0. The number of halogens is 4. The molecule has 0 aliphatic heterocycles. The van der Waals surface area contributed by atoms with Crippen LogP contribution in [-0.2, 0) is 17.6 Å². The van der Waals surface area contributed by atoms with Gasteiger partial charge in [0.2, 0.25) is 5.82 Å². The van der Waals surface area contributed by atoms with Crippen molar-refractivity contribution in [2.75, 3.05) is 13.7 Å². The molecule has 0 bridgehead atoms. The zero-order chi connectivity index (χ0) is 19.3. The molecule has 2 amide bonds. The minimum absolute atomic E-state index is 0.00667. The molecule has 0 spiro atoms. The molecule has 0 fully saturated rings. The molecule has 0 saturated heterocycles. The van der Waals surface area contributed by atoms with E-state index in [0.717, 1.165) is 5.06 Å². The number of rotatable bonds is 6. The molecule has 0 radical (unpaired) electrons. The monoisotopic (exact) mass is 376 g/mol. The standard InChI is InChI=1S/C15H16F4N4O3/c1-9(16)8-25-23(14(24)20-2)7-10-3-5-11(6-4-10)12-21-13(26-22-12)15(17,18)19/h3-6,9H,7-8H2,1-2H3,(H,20,24). The Bertz CT molecular complexity index is 731. The molecule has 1 atom stereocenters. The van der Waals surface area contributed by atoms with Crippen LogP contribution in [0.15, 0.2) is 28.8 Å². The van der Waals surface area contributed by atoms with Crippen LogP contribution < -0.4 is 5.32 Å². The van der Waals surface area contributed by atoms with Crippen molar-refractivity contribution in [3.63, 3.8) is 0 Å². The smallest absolute Gasteiger partial charge is 0.339 e. The second-order valence-corrected chi connectivity index (χ2v) is 5.29. The van der Waals surface area contributed by atoms with Crippen molar-refractivity contribution >= 4 is 6.03 Å². The van der Waals surface area contributed by atoms with Crippen molar-refractivity contribution in [2.24, 2.45) is 0 Å². The van der Waals surface area contributed by atoms with Gasteiger partial charge in [0.1, 0.15) is 12.8 Å². The zero-order valence-corrected chi connectivity index (χ0v) is 13.9. The van der Waals surface area contributed by atoms with E-state index >= 15 is 0 Å². The van der Waals surface area contributed by atoms with Gasteiger partial charge < -0.3 is 9.84 Å². The molecule has 1 heterocycles. The summed E-state index contributed by atoms with van der Waals surface area (Å²) in [5.74, 6) is -1.65. The minimum Gasteiger partial charge on any atom is -0.339 e. The van der Waals surface area contributed by atoms with E-state index in [1.54, 1.807) is 12.1 Å². The molecule has 142 valence electrons. The average molecular weight is 376 g/mol. The molecule has 0 aliphatic carbocycles. The van der Waals surface area contributed by atoms with Gasteiger partial charge in [-0.3, -0.25) is 4.84 Å². The molecule has 0 aliphatic rings. The highest BCUT2D eigenvalue weighted by Crippen LogP contribution is 2.29. The number of carbonyl (C=O) groups excluding carboxylic acids is 1. The first-order valence-corrected chi connectivity index (χ1v) is 7.47. The molecule has 2 aromatic rings. The van der Waals surface area contributed by atoms with E-state index in [9.17, 15) is 22.4 Å². The van der Waals surface area contributed by atoms with Gasteiger partial charge in [0.05, 0.1) is 6.54 Å². The maximum absolute atomic E-state index is 12.9. The lowest BCUT2D eigenvalue weighted by molar-refractivity contribution is -0.159. The number of urea groups is 1. The van der Waals surface area contributed by atoms with E-state index in [2.05, 4.69) is 20.0 Å². The maximum Gasteiger partial charge on any atom is 0.471 e. The van der Waals surface area contributed by atoms with Crippen molar-refractivity contribution in [3.05, 3.63) is 35.7 Å². The first-order chi connectivity index (χ1) is 12.2. The van der Waals surface area contributed by atoms with Crippen molar-refractivity contribution in [1.82, 2.24) is 20.5 Å². The number of hydrogen-bond acceptors (Lipinski definition) is 5. The molecule has 1 unspecified atom stereocenters. The fraction of sp³-hybridized carbons (Fsp3) is 0.400. The van der Waals surface area contributed by atoms with Crippen LogP contribution in [0.25, 0.3) is 11.4 Å². The predicted octanol–water partition coefficient (Wildman–Crippen LogP) is 3.19. The Hall–Kier alpha value is -2.69. The lowest BCUT2D eigenvalue weighted by Crippen LogP contribution is -2.38. The highest BCUT2D eigenvalue weighted by atomic mass is 19.4. The van der Waals surface area contributed by atoms with Crippen LogP contribution in [0.2, 0.25) is 0 Å². The second-order valence-electron chi connectivity index (χ2n) is 5.29. The predicted molar refractivity (Wildman–Crippen MR) is 81.3 cm³/mol. The number of amides is 2. The van der Waals surface area contributed by atoms with Crippen LogP contribution in [0.1, 0.15) is 18.4 Å². The number of carbonyl (C=O) groups is 1. The van der Waals surface area contributed by atoms with Crippen molar-refractivity contribution < 1.29 is 31.7 Å². The third-order valence-electron chi connectivity index (χ3n) is 3.11. The van der Waals surface area contributed by atoms with E-state index < -0.39 is 24.3 Å². The minimum atomic E-state index is -4.72. The Labute approximate surface area is 145 Å². The third kappa shape index (κ3) is 5.15. The molecule has 1 N–H and O–H groups in total. The number of nitrogens with one attached hydrogen (secondary N) is 1. The molecule has 7 nitrogen and oxygen atoms in total. The number of aromatic nitrogens is 2. The first-order valence-electron chi connectivity index (χ1n) is 7.47. The number of hydroxylamine groups is 2. The Morgan fingerprint density at radius 2 is 2.00 bits per heavy atom. The van der Waals surface area contributed by atoms with Gasteiger partial charge in [0.25, 0.3) is 0 Å². The van der Waals surface area contributed by atoms with E-state index in [1.165, 1.54) is 26.1 Å². The van der Waals surface area contributed by atoms with E-state index in [-0.39, 0.29) is 19.0 Å². The Kier molecular flexibility index (Phi) is 6.14. The van der Waals surface area contributed by atoms with Gasteiger partial charge in [-0.25, -0.2) is 9.18 Å². The van der Waals surface area contributed by atoms with Gasteiger partial charge in [0.15, 0.2) is 0 Å². The number of alkyl halides is 4. The molecule has 1 aromatic heterocycles. The zero-order valence-electron chi connectivity index (χ0n) is 13.9. The summed E-state index contributed by atoms with van der Waals surface area (Å²) in [6.07, 6.45) is -5.98. The lowest BCUT2D eigenvalue weighted by atomic mass is 10.1. The van der Waals surface area contributed by atoms with Crippen LogP contribution in [0.4, 0.5) is 22.4 Å². The average Bonchev–Trinajstić information content (AvgIpc) is 3.08. The summed E-state index contributed by atoms with van der Waals surface area (Å²) in [5.41, 5.74) is 0.904. The molecular formula is C15H16F4N4O3. The fourth-order valence-corrected chi connectivity index (χ4v) is 1.87. The van der Waals surface area contributed by atoms with Crippen LogP contribution in [0, 0.1) is 0 Å². The summed E-state index contributed by atoms with van der Waals surface area (Å²) in [5, 5.41) is 6.60. The number of hydrogen-bond donors (Lipinski definition) is 1. The van der Waals surface area contributed by atoms with Crippen LogP contribution in [-0.4, -0.2) is 41.1 Å². The summed E-state index contributed by atoms with van der Waals surface area (Å²) < 4.78 is 54.5. The van der Waals surface area contributed by atoms with Gasteiger partial charge in [-0.2, -0.15) is 23.2 Å². The molecule has 1 aromatic carbocycles. The largest absolute Gasteiger partial charge is 0.471 e. The lowest BCUT2D eigenvalue weighted by Gasteiger charge is -2.21. The van der Waals surface area contributed by atoms with Gasteiger partial charge >= 0.3 is 18.1 Å². The van der Waals surface area contributed by atoms with Gasteiger partial charge in [-0.05, 0) is 12.5 Å². The Morgan fingerprint density at radius 3 is 2.50 bits per heavy atom. The van der Waals surface area contributed by atoms with Gasteiger partial charge in [-0.15, -0.1) is 0 Å². The quantitative estimate of drug-likeness (QED) is 0.619. The second kappa shape index (κ2) is 8.13. The number of nitrogens with zero attached hydrogens (tertiary/aromatic N) is 3. The normalized spacial score (nSPS) is 12.7. The Morgan fingerprint density at radius 1 is 1.35 bits per heavy atom.